The van der Waals surface area contributed by atoms with Crippen LogP contribution in [0.1, 0.15) is 37.5 Å². The zero-order chi connectivity index (χ0) is 25.1. The minimum absolute atomic E-state index is 0.114. The summed E-state index contributed by atoms with van der Waals surface area (Å²) < 4.78 is 0. The maximum atomic E-state index is 6.75. The molecule has 0 aliphatic carbocycles. The minimum Gasteiger partial charge on any atom is -0.363 e. The fourth-order valence-corrected chi connectivity index (χ4v) is 4.77. The number of aromatic nitrogens is 1. The molecular weight excluding hydrogens is 460 g/mol. The Kier molecular flexibility index (Phi) is 6.80. The van der Waals surface area contributed by atoms with Gasteiger partial charge in [0.15, 0.2) is 0 Å². The van der Waals surface area contributed by atoms with Gasteiger partial charge in [-0.2, -0.15) is 0 Å². The molecule has 180 valence electrons. The van der Waals surface area contributed by atoms with E-state index in [1.807, 2.05) is 6.07 Å². The molecule has 0 amide bonds. The van der Waals surface area contributed by atoms with Crippen LogP contribution < -0.4 is 4.90 Å². The van der Waals surface area contributed by atoms with Gasteiger partial charge in [-0.25, -0.2) is 4.98 Å². The summed E-state index contributed by atoms with van der Waals surface area (Å²) in [6, 6.07) is 38.2. The quantitative estimate of drug-likeness (QED) is 0.236. The van der Waals surface area contributed by atoms with Gasteiger partial charge in [0.25, 0.3) is 0 Å². The second-order valence-electron chi connectivity index (χ2n) is 10.3. The molecule has 5 rings (SSSR count). The zero-order valence-electron chi connectivity index (χ0n) is 21.1. The van der Waals surface area contributed by atoms with Crippen molar-refractivity contribution < 1.29 is 0 Å². The van der Waals surface area contributed by atoms with Crippen LogP contribution in [0.5, 0.6) is 0 Å². The summed E-state index contributed by atoms with van der Waals surface area (Å²) >= 11 is 6.75. The summed E-state index contributed by atoms with van der Waals surface area (Å²) in [4.78, 5) is 7.44. The van der Waals surface area contributed by atoms with Gasteiger partial charge in [-0.15, -0.1) is 0 Å². The second-order valence-corrected chi connectivity index (χ2v) is 10.8. The van der Waals surface area contributed by atoms with Crippen LogP contribution in [0.4, 0.5) is 5.69 Å². The van der Waals surface area contributed by atoms with Crippen LogP contribution in [-0.2, 0) is 18.5 Å². The number of benzene rings is 4. The Morgan fingerprint density at radius 2 is 1.28 bits per heavy atom. The Morgan fingerprint density at radius 3 is 1.83 bits per heavy atom. The van der Waals surface area contributed by atoms with E-state index in [0.29, 0.717) is 0 Å². The third kappa shape index (κ3) is 5.45. The highest BCUT2D eigenvalue weighted by Gasteiger charge is 2.15. The number of nitrogens with zero attached hydrogens (tertiary/aromatic N) is 2. The molecule has 0 saturated carbocycles. The van der Waals surface area contributed by atoms with Crippen molar-refractivity contribution in [1.82, 2.24) is 4.98 Å². The fraction of sp³-hybridized carbons (Fsp3) is 0.182. The summed E-state index contributed by atoms with van der Waals surface area (Å²) in [5.74, 6) is 0. The predicted molar refractivity (Wildman–Crippen MR) is 154 cm³/mol. The third-order valence-electron chi connectivity index (χ3n) is 6.59. The SMILES string of the molecule is CC(C)(C)c1ccc(-c2cc(Cl)c3ccc(N(Cc4ccccc4)Cc4ccccc4)cc3n2)cc1. The predicted octanol–water partition coefficient (Wildman–Crippen LogP) is 9.06. The first kappa shape index (κ1) is 24.1. The molecular formula is C33H31ClN2. The number of hydrogen-bond acceptors (Lipinski definition) is 2. The first-order chi connectivity index (χ1) is 17.4. The van der Waals surface area contributed by atoms with Gasteiger partial charge in [-0.3, -0.25) is 0 Å². The number of rotatable bonds is 6. The number of halogens is 1. The molecule has 2 nitrogen and oxygen atoms in total. The lowest BCUT2D eigenvalue weighted by molar-refractivity contribution is 0.590. The van der Waals surface area contributed by atoms with E-state index < -0.39 is 0 Å². The molecule has 0 aliphatic heterocycles. The Hall–Kier alpha value is -3.62. The molecule has 1 heterocycles. The Morgan fingerprint density at radius 1 is 0.694 bits per heavy atom. The van der Waals surface area contributed by atoms with E-state index in [-0.39, 0.29) is 5.41 Å². The second kappa shape index (κ2) is 10.2. The van der Waals surface area contributed by atoms with Crippen LogP contribution in [-0.4, -0.2) is 4.98 Å². The van der Waals surface area contributed by atoms with E-state index in [9.17, 15) is 0 Å². The van der Waals surface area contributed by atoms with Gasteiger partial charge in [-0.1, -0.05) is 117 Å². The van der Waals surface area contributed by atoms with Crippen molar-refractivity contribution in [3.63, 3.8) is 0 Å². The van der Waals surface area contributed by atoms with E-state index in [0.717, 1.165) is 46.0 Å². The van der Waals surface area contributed by atoms with Crippen molar-refractivity contribution in [1.29, 1.82) is 0 Å². The first-order valence-electron chi connectivity index (χ1n) is 12.4. The smallest absolute Gasteiger partial charge is 0.0745 e. The van der Waals surface area contributed by atoms with Crippen molar-refractivity contribution in [2.75, 3.05) is 4.90 Å². The highest BCUT2D eigenvalue weighted by atomic mass is 35.5. The molecule has 5 aromatic rings. The lowest BCUT2D eigenvalue weighted by atomic mass is 9.86. The van der Waals surface area contributed by atoms with Crippen molar-refractivity contribution in [3.05, 3.63) is 131 Å². The van der Waals surface area contributed by atoms with E-state index in [1.54, 1.807) is 0 Å². The molecule has 4 aromatic carbocycles. The van der Waals surface area contributed by atoms with E-state index in [1.165, 1.54) is 16.7 Å². The summed E-state index contributed by atoms with van der Waals surface area (Å²) in [5, 5.41) is 1.69. The van der Waals surface area contributed by atoms with Gasteiger partial charge in [0.05, 0.1) is 16.2 Å². The highest BCUT2D eigenvalue weighted by Crippen LogP contribution is 2.32. The van der Waals surface area contributed by atoms with Gasteiger partial charge < -0.3 is 4.90 Å². The number of pyridine rings is 1. The van der Waals surface area contributed by atoms with Gasteiger partial charge >= 0.3 is 0 Å². The van der Waals surface area contributed by atoms with Gasteiger partial charge in [0, 0.05) is 29.7 Å². The van der Waals surface area contributed by atoms with Crippen molar-refractivity contribution >= 4 is 28.2 Å². The summed E-state index contributed by atoms with van der Waals surface area (Å²) in [6.45, 7) is 8.30. The lowest BCUT2D eigenvalue weighted by Gasteiger charge is -2.26. The molecule has 0 unspecified atom stereocenters. The van der Waals surface area contributed by atoms with Crippen molar-refractivity contribution in [2.24, 2.45) is 0 Å². The number of anilines is 1. The molecule has 0 fully saturated rings. The number of fused-ring (bicyclic) bond motifs is 1. The average molecular weight is 491 g/mol. The van der Waals surface area contributed by atoms with Crippen LogP contribution in [0.2, 0.25) is 5.02 Å². The van der Waals surface area contributed by atoms with Crippen molar-refractivity contribution in [3.8, 4) is 11.3 Å². The molecule has 36 heavy (non-hydrogen) atoms. The summed E-state index contributed by atoms with van der Waals surface area (Å²) in [7, 11) is 0. The van der Waals surface area contributed by atoms with E-state index in [4.69, 9.17) is 16.6 Å². The highest BCUT2D eigenvalue weighted by molar-refractivity contribution is 6.35. The van der Waals surface area contributed by atoms with Crippen LogP contribution in [0.15, 0.2) is 109 Å². The van der Waals surface area contributed by atoms with Crippen LogP contribution in [0.25, 0.3) is 22.2 Å². The zero-order valence-corrected chi connectivity index (χ0v) is 21.8. The lowest BCUT2D eigenvalue weighted by Crippen LogP contribution is -2.22. The third-order valence-corrected chi connectivity index (χ3v) is 6.90. The average Bonchev–Trinajstić information content (AvgIpc) is 2.89. The standard InChI is InChI=1S/C33H31ClN2/c1-33(2,3)27-16-14-26(15-17-27)31-21-30(34)29-19-18-28(20-32(29)35-31)36(22-24-10-6-4-7-11-24)23-25-12-8-5-9-13-25/h4-21H,22-23H2,1-3H3. The first-order valence-corrected chi connectivity index (χ1v) is 12.8. The summed E-state index contributed by atoms with van der Waals surface area (Å²) in [5.41, 5.74) is 7.95. The molecule has 0 aliphatic rings. The summed E-state index contributed by atoms with van der Waals surface area (Å²) in [6.07, 6.45) is 0. The van der Waals surface area contributed by atoms with E-state index in [2.05, 4.69) is 129 Å². The Balaban J connectivity index is 1.53. The molecule has 0 bridgehead atoms. The monoisotopic (exact) mass is 490 g/mol. The molecule has 0 N–H and O–H groups in total. The maximum Gasteiger partial charge on any atom is 0.0745 e. The van der Waals surface area contributed by atoms with Crippen LogP contribution in [0.3, 0.4) is 0 Å². The maximum absolute atomic E-state index is 6.75. The Bertz CT molecular complexity index is 1410. The number of hydrogen-bond donors (Lipinski definition) is 0. The largest absolute Gasteiger partial charge is 0.363 e. The minimum atomic E-state index is 0.114. The molecule has 0 atom stereocenters. The fourth-order valence-electron chi connectivity index (χ4n) is 4.51. The molecule has 0 saturated heterocycles. The van der Waals surface area contributed by atoms with Crippen LogP contribution >= 0.6 is 11.6 Å². The van der Waals surface area contributed by atoms with Gasteiger partial charge in [0.1, 0.15) is 0 Å². The molecule has 3 heteroatoms. The molecule has 0 spiro atoms. The van der Waals surface area contributed by atoms with Gasteiger partial charge in [0.2, 0.25) is 0 Å². The topological polar surface area (TPSA) is 16.1 Å². The normalized spacial score (nSPS) is 11.6. The Labute approximate surface area is 219 Å². The van der Waals surface area contributed by atoms with E-state index >= 15 is 0 Å². The molecule has 1 aromatic heterocycles. The molecule has 0 radical (unpaired) electrons. The van der Waals surface area contributed by atoms with Crippen molar-refractivity contribution in [2.45, 2.75) is 39.3 Å². The van der Waals surface area contributed by atoms with Crippen LogP contribution in [0, 0.1) is 0 Å². The van der Waals surface area contributed by atoms with Gasteiger partial charge in [-0.05, 0) is 46.4 Å².